The van der Waals surface area contributed by atoms with E-state index in [9.17, 15) is 5.21 Å². The first-order valence-electron chi connectivity index (χ1n) is 6.45. The molecule has 1 aromatic heterocycles. The van der Waals surface area contributed by atoms with Gasteiger partial charge in [-0.05, 0) is 11.8 Å². The maximum absolute atomic E-state index is 9.18. The topological polar surface area (TPSA) is 61.3 Å². The van der Waals surface area contributed by atoms with Crippen molar-refractivity contribution in [3.63, 3.8) is 0 Å². The largest absolute Gasteiger partial charge is 0.411 e. The van der Waals surface area contributed by atoms with Crippen molar-refractivity contribution < 1.29 is 5.21 Å². The average Bonchev–Trinajstić information content (AvgIpc) is 2.81. The second-order valence-corrected chi connectivity index (χ2v) is 5.84. The molecule has 0 atom stereocenters. The van der Waals surface area contributed by atoms with Gasteiger partial charge in [0.1, 0.15) is 17.2 Å². The second kappa shape index (κ2) is 4.23. The summed E-state index contributed by atoms with van der Waals surface area (Å²) in [5, 5.41) is 12.6. The molecule has 19 heavy (non-hydrogen) atoms. The van der Waals surface area contributed by atoms with Gasteiger partial charge < -0.3 is 10.2 Å². The monoisotopic (exact) mass is 255 g/mol. The van der Waals surface area contributed by atoms with E-state index in [1.54, 1.807) is 0 Å². The van der Waals surface area contributed by atoms with Crippen LogP contribution in [0.25, 0.3) is 11.4 Å². The van der Waals surface area contributed by atoms with E-state index in [-0.39, 0.29) is 5.41 Å². The number of nitrogens with one attached hydrogen (secondary N) is 1. The highest BCUT2D eigenvalue weighted by atomic mass is 16.4. The van der Waals surface area contributed by atoms with Crippen molar-refractivity contribution in [3.8, 4) is 11.4 Å². The van der Waals surface area contributed by atoms with Gasteiger partial charge in [-0.2, -0.15) is 0 Å². The van der Waals surface area contributed by atoms with Crippen LogP contribution in [0.3, 0.4) is 0 Å². The van der Waals surface area contributed by atoms with Crippen LogP contribution in [0.5, 0.6) is 0 Å². The van der Waals surface area contributed by atoms with Crippen LogP contribution in [0.15, 0.2) is 35.5 Å². The summed E-state index contributed by atoms with van der Waals surface area (Å²) < 4.78 is 0. The summed E-state index contributed by atoms with van der Waals surface area (Å²) in [6.07, 6.45) is 1.66. The Labute approximate surface area is 112 Å². The van der Waals surface area contributed by atoms with Gasteiger partial charge in [-0.25, -0.2) is 4.98 Å². The zero-order valence-corrected chi connectivity index (χ0v) is 11.1. The molecule has 0 spiro atoms. The van der Waals surface area contributed by atoms with Crippen molar-refractivity contribution in [1.29, 1.82) is 0 Å². The Bertz CT molecular complexity index is 626. The lowest BCUT2D eigenvalue weighted by atomic mass is 9.77. The van der Waals surface area contributed by atoms with Crippen LogP contribution < -0.4 is 0 Å². The number of oxime groups is 1. The first kappa shape index (κ1) is 12.0. The van der Waals surface area contributed by atoms with Crippen LogP contribution in [0.1, 0.15) is 31.7 Å². The first-order valence-corrected chi connectivity index (χ1v) is 6.45. The molecule has 1 aliphatic rings. The summed E-state index contributed by atoms with van der Waals surface area (Å²) >= 11 is 0. The maximum atomic E-state index is 9.18. The lowest BCUT2D eigenvalue weighted by Gasteiger charge is -2.28. The van der Waals surface area contributed by atoms with E-state index in [0.29, 0.717) is 5.71 Å². The highest BCUT2D eigenvalue weighted by Gasteiger charge is 2.32. The van der Waals surface area contributed by atoms with Gasteiger partial charge in [-0.15, -0.1) is 0 Å². The van der Waals surface area contributed by atoms with E-state index >= 15 is 0 Å². The summed E-state index contributed by atoms with van der Waals surface area (Å²) in [6.45, 7) is 4.34. The summed E-state index contributed by atoms with van der Waals surface area (Å²) in [4.78, 5) is 7.96. The minimum atomic E-state index is 0.0923. The number of fused-ring (bicyclic) bond motifs is 1. The van der Waals surface area contributed by atoms with Gasteiger partial charge in [-0.3, -0.25) is 0 Å². The molecular formula is C15H17N3O. The summed E-state index contributed by atoms with van der Waals surface area (Å²) in [5.41, 5.74) is 3.68. The van der Waals surface area contributed by atoms with Crippen LogP contribution in [-0.2, 0) is 6.42 Å². The van der Waals surface area contributed by atoms with Crippen molar-refractivity contribution in [2.45, 2.75) is 26.7 Å². The fourth-order valence-electron chi connectivity index (χ4n) is 2.67. The van der Waals surface area contributed by atoms with Crippen LogP contribution in [0, 0.1) is 5.41 Å². The minimum absolute atomic E-state index is 0.0923. The van der Waals surface area contributed by atoms with Gasteiger partial charge in [0.25, 0.3) is 0 Å². The van der Waals surface area contributed by atoms with Crippen molar-refractivity contribution in [1.82, 2.24) is 9.97 Å². The molecule has 2 N–H and O–H groups in total. The highest BCUT2D eigenvalue weighted by Crippen LogP contribution is 2.35. The van der Waals surface area contributed by atoms with Crippen LogP contribution in [0.2, 0.25) is 0 Å². The quantitative estimate of drug-likeness (QED) is 0.607. The first-order chi connectivity index (χ1) is 9.09. The molecule has 0 saturated carbocycles. The third-order valence-corrected chi connectivity index (χ3v) is 3.52. The number of hydrogen-bond donors (Lipinski definition) is 2. The Balaban J connectivity index is 2.09. The Morgan fingerprint density at radius 1 is 1.21 bits per heavy atom. The van der Waals surface area contributed by atoms with Gasteiger partial charge in [0.2, 0.25) is 0 Å². The zero-order chi connectivity index (χ0) is 13.5. The highest BCUT2D eigenvalue weighted by molar-refractivity contribution is 6.01. The lowest BCUT2D eigenvalue weighted by Crippen LogP contribution is -2.27. The molecule has 0 radical (unpaired) electrons. The Kier molecular flexibility index (Phi) is 2.66. The molecule has 4 heteroatoms. The van der Waals surface area contributed by atoms with Crippen molar-refractivity contribution in [2.24, 2.45) is 10.6 Å². The number of rotatable bonds is 1. The smallest absolute Gasteiger partial charge is 0.138 e. The van der Waals surface area contributed by atoms with Crippen molar-refractivity contribution in [3.05, 3.63) is 41.7 Å². The molecule has 0 amide bonds. The third-order valence-electron chi connectivity index (χ3n) is 3.52. The molecule has 3 rings (SSSR count). The van der Waals surface area contributed by atoms with E-state index < -0.39 is 0 Å². The maximum Gasteiger partial charge on any atom is 0.138 e. The molecule has 0 unspecified atom stereocenters. The summed E-state index contributed by atoms with van der Waals surface area (Å²) in [5.74, 6) is 0.837. The molecule has 4 nitrogen and oxygen atoms in total. The fraction of sp³-hybridized carbons (Fsp3) is 0.333. The van der Waals surface area contributed by atoms with Crippen LogP contribution in [-0.4, -0.2) is 20.9 Å². The number of aromatic nitrogens is 2. The number of aromatic amines is 1. The summed E-state index contributed by atoms with van der Waals surface area (Å²) in [6, 6.07) is 10.00. The standard InChI is InChI=1S/C15H17N3O/c1-15(2)8-11-13(12(9-15)18-19)17-14(16-11)10-6-4-3-5-7-10/h3-7,19H,8-9H2,1-2H3,(H,16,17)/b18-12+. The Morgan fingerprint density at radius 3 is 2.63 bits per heavy atom. The number of nitrogens with zero attached hydrogens (tertiary/aromatic N) is 2. The minimum Gasteiger partial charge on any atom is -0.411 e. The molecular weight excluding hydrogens is 238 g/mol. The van der Waals surface area contributed by atoms with Gasteiger partial charge in [0.05, 0.1) is 0 Å². The Hall–Kier alpha value is -2.10. The number of hydrogen-bond acceptors (Lipinski definition) is 3. The van der Waals surface area contributed by atoms with Gasteiger partial charge in [0, 0.05) is 17.7 Å². The molecule has 0 fully saturated rings. The van der Waals surface area contributed by atoms with E-state index in [1.165, 1.54) is 0 Å². The molecule has 2 aromatic rings. The van der Waals surface area contributed by atoms with E-state index in [4.69, 9.17) is 0 Å². The summed E-state index contributed by atoms with van der Waals surface area (Å²) in [7, 11) is 0. The third kappa shape index (κ3) is 2.14. The normalized spacial score (nSPS) is 19.4. The molecule has 0 saturated heterocycles. The molecule has 0 bridgehead atoms. The lowest BCUT2D eigenvalue weighted by molar-refractivity contribution is 0.305. The molecule has 1 aromatic carbocycles. The predicted molar refractivity (Wildman–Crippen MR) is 74.4 cm³/mol. The van der Waals surface area contributed by atoms with Crippen molar-refractivity contribution >= 4 is 5.71 Å². The van der Waals surface area contributed by atoms with Crippen molar-refractivity contribution in [2.75, 3.05) is 0 Å². The molecule has 1 aliphatic carbocycles. The number of imidazole rings is 1. The van der Waals surface area contributed by atoms with Gasteiger partial charge >= 0.3 is 0 Å². The van der Waals surface area contributed by atoms with Crippen LogP contribution >= 0.6 is 0 Å². The molecule has 0 aliphatic heterocycles. The number of H-pyrrole nitrogens is 1. The zero-order valence-electron chi connectivity index (χ0n) is 11.1. The predicted octanol–water partition coefficient (Wildman–Crippen LogP) is 3.23. The SMILES string of the molecule is CC1(C)C/C(=N\O)c2nc(-c3ccccc3)[nH]c2C1. The Morgan fingerprint density at radius 2 is 1.95 bits per heavy atom. The molecule has 1 heterocycles. The van der Waals surface area contributed by atoms with E-state index in [2.05, 4.69) is 29.0 Å². The fourth-order valence-corrected chi connectivity index (χ4v) is 2.67. The second-order valence-electron chi connectivity index (χ2n) is 5.84. The van der Waals surface area contributed by atoms with E-state index in [0.717, 1.165) is 35.6 Å². The van der Waals surface area contributed by atoms with E-state index in [1.807, 2.05) is 30.3 Å². The van der Waals surface area contributed by atoms with Gasteiger partial charge in [-0.1, -0.05) is 49.3 Å². The molecule has 98 valence electrons. The van der Waals surface area contributed by atoms with Crippen LogP contribution in [0.4, 0.5) is 0 Å². The van der Waals surface area contributed by atoms with Gasteiger partial charge in [0.15, 0.2) is 0 Å². The average molecular weight is 255 g/mol. The number of benzene rings is 1.